The monoisotopic (exact) mass is 190 g/mol. The summed E-state index contributed by atoms with van der Waals surface area (Å²) in [5.41, 5.74) is 7.83. The highest BCUT2D eigenvalue weighted by molar-refractivity contribution is 4.53. The van der Waals surface area contributed by atoms with Crippen molar-refractivity contribution in [1.82, 2.24) is 21.4 Å². The van der Waals surface area contributed by atoms with E-state index in [1.807, 2.05) is 0 Å². The fourth-order valence-electron chi connectivity index (χ4n) is 0.866. The second-order valence-electron chi connectivity index (χ2n) is 2.67. The van der Waals surface area contributed by atoms with Gasteiger partial charge >= 0.3 is 0 Å². The second-order valence-corrected chi connectivity index (χ2v) is 2.67. The lowest BCUT2D eigenvalue weighted by Gasteiger charge is -2.06. The molecule has 0 fully saturated rings. The molecule has 0 spiro atoms. The highest BCUT2D eigenvalue weighted by atomic mass is 15.3. The van der Waals surface area contributed by atoms with E-state index in [1.165, 1.54) is 0 Å². The van der Waals surface area contributed by atoms with Gasteiger partial charge in [0, 0.05) is 39.3 Å². The van der Waals surface area contributed by atoms with Crippen LogP contribution >= 0.6 is 0 Å². The predicted octanol–water partition coefficient (Wildman–Crippen LogP) is -2.87. The maximum atomic E-state index is 5.31. The fraction of sp³-hybridized carbons (Fsp3) is 1.00. The van der Waals surface area contributed by atoms with Crippen LogP contribution in [0.5, 0.6) is 0 Å². The lowest BCUT2D eigenvalue weighted by molar-refractivity contribution is 0.557. The van der Waals surface area contributed by atoms with Crippen molar-refractivity contribution in [3.63, 3.8) is 0 Å². The van der Waals surface area contributed by atoms with Gasteiger partial charge in [-0.2, -0.15) is 0 Å². The van der Waals surface area contributed by atoms with Crippen molar-refractivity contribution < 1.29 is 0 Å². The largest absolute Gasteiger partial charge is 0.329 e. The molecule has 80 valence electrons. The summed E-state index contributed by atoms with van der Waals surface area (Å²) in [6.45, 7) is 6.03. The maximum Gasteiger partial charge on any atom is 0.0587 e. The first-order valence-electron chi connectivity index (χ1n) is 4.67. The van der Waals surface area contributed by atoms with Crippen LogP contribution in [0.4, 0.5) is 0 Å². The molecule has 0 amide bonds. The minimum atomic E-state index is 0.646. The Morgan fingerprint density at radius 2 is 1.31 bits per heavy atom. The first kappa shape index (κ1) is 12.8. The van der Waals surface area contributed by atoms with Gasteiger partial charge in [0.25, 0.3) is 0 Å². The van der Waals surface area contributed by atoms with Crippen LogP contribution in [0.25, 0.3) is 0 Å². The summed E-state index contributed by atoms with van der Waals surface area (Å²) in [5.74, 6) is 5.07. The third-order valence-electron chi connectivity index (χ3n) is 1.51. The molecule has 0 atom stereocenters. The van der Waals surface area contributed by atoms with Crippen molar-refractivity contribution in [1.29, 1.82) is 0 Å². The summed E-state index contributed by atoms with van der Waals surface area (Å²) in [6.07, 6.45) is 0. The van der Waals surface area contributed by atoms with Crippen LogP contribution in [0.3, 0.4) is 0 Å². The summed E-state index contributed by atoms with van der Waals surface area (Å²) in [5, 5.41) is 9.56. The Balaban J connectivity index is 2.76. The summed E-state index contributed by atoms with van der Waals surface area (Å²) in [6, 6.07) is 0. The van der Waals surface area contributed by atoms with Crippen molar-refractivity contribution in [2.24, 2.45) is 11.6 Å². The van der Waals surface area contributed by atoms with Crippen LogP contribution in [0.2, 0.25) is 0 Å². The quantitative estimate of drug-likeness (QED) is 0.0959. The molecule has 0 heterocycles. The SMILES string of the molecule is NCCNCCNCCNCNN. The van der Waals surface area contributed by atoms with Gasteiger partial charge in [0.1, 0.15) is 0 Å². The van der Waals surface area contributed by atoms with Gasteiger partial charge in [-0.3, -0.25) is 5.84 Å². The number of nitrogens with one attached hydrogen (secondary N) is 4. The second kappa shape index (κ2) is 11.8. The molecule has 0 aliphatic carbocycles. The Morgan fingerprint density at radius 1 is 0.769 bits per heavy atom. The van der Waals surface area contributed by atoms with Gasteiger partial charge in [-0.15, -0.1) is 0 Å². The van der Waals surface area contributed by atoms with Crippen molar-refractivity contribution in [3.05, 3.63) is 0 Å². The third kappa shape index (κ3) is 11.8. The van der Waals surface area contributed by atoms with E-state index in [0.717, 1.165) is 32.7 Å². The molecule has 0 unspecified atom stereocenters. The normalized spacial score (nSPS) is 10.6. The molecule has 0 bridgehead atoms. The van der Waals surface area contributed by atoms with Crippen molar-refractivity contribution in [2.75, 3.05) is 45.9 Å². The smallest absolute Gasteiger partial charge is 0.0587 e. The Kier molecular flexibility index (Phi) is 11.5. The van der Waals surface area contributed by atoms with Gasteiger partial charge < -0.3 is 21.7 Å². The minimum Gasteiger partial charge on any atom is -0.329 e. The van der Waals surface area contributed by atoms with E-state index in [9.17, 15) is 0 Å². The van der Waals surface area contributed by atoms with E-state index < -0.39 is 0 Å². The summed E-state index contributed by atoms with van der Waals surface area (Å²) >= 11 is 0. The van der Waals surface area contributed by atoms with Gasteiger partial charge in [-0.05, 0) is 0 Å². The molecular weight excluding hydrogens is 168 g/mol. The van der Waals surface area contributed by atoms with Crippen LogP contribution in [0.15, 0.2) is 0 Å². The van der Waals surface area contributed by atoms with E-state index >= 15 is 0 Å². The van der Waals surface area contributed by atoms with Gasteiger partial charge in [-0.25, -0.2) is 5.43 Å². The van der Waals surface area contributed by atoms with Crippen molar-refractivity contribution >= 4 is 0 Å². The molecule has 13 heavy (non-hydrogen) atoms. The number of rotatable bonds is 10. The third-order valence-corrected chi connectivity index (χ3v) is 1.51. The number of hydrogen-bond donors (Lipinski definition) is 6. The average Bonchev–Trinajstić information content (AvgIpc) is 2.16. The molecule has 0 radical (unpaired) electrons. The number of hydrazine groups is 1. The van der Waals surface area contributed by atoms with Crippen LogP contribution in [-0.2, 0) is 0 Å². The minimum absolute atomic E-state index is 0.646. The molecular formula is C7H22N6. The molecule has 0 aliphatic heterocycles. The van der Waals surface area contributed by atoms with Crippen LogP contribution in [0.1, 0.15) is 0 Å². The van der Waals surface area contributed by atoms with E-state index in [4.69, 9.17) is 11.6 Å². The summed E-state index contributed by atoms with van der Waals surface area (Å²) in [4.78, 5) is 0. The molecule has 0 aromatic heterocycles. The van der Waals surface area contributed by atoms with Crippen LogP contribution < -0.4 is 33.0 Å². The zero-order valence-corrected chi connectivity index (χ0v) is 8.10. The maximum absolute atomic E-state index is 5.31. The molecule has 6 nitrogen and oxygen atoms in total. The predicted molar refractivity (Wildman–Crippen MR) is 55.0 cm³/mol. The highest BCUT2D eigenvalue weighted by Gasteiger charge is 1.86. The Bertz CT molecular complexity index is 79.1. The molecule has 0 saturated carbocycles. The van der Waals surface area contributed by atoms with Gasteiger partial charge in [0.15, 0.2) is 0 Å². The summed E-state index contributed by atoms with van der Waals surface area (Å²) in [7, 11) is 0. The molecule has 6 heteroatoms. The van der Waals surface area contributed by atoms with Gasteiger partial charge in [0.2, 0.25) is 0 Å². The summed E-state index contributed by atoms with van der Waals surface area (Å²) < 4.78 is 0. The van der Waals surface area contributed by atoms with E-state index in [2.05, 4.69) is 21.4 Å². The van der Waals surface area contributed by atoms with E-state index in [1.54, 1.807) is 0 Å². The molecule has 8 N–H and O–H groups in total. The van der Waals surface area contributed by atoms with Crippen LogP contribution in [0, 0.1) is 0 Å². The Morgan fingerprint density at radius 3 is 1.85 bits per heavy atom. The molecule has 0 saturated heterocycles. The van der Waals surface area contributed by atoms with Crippen molar-refractivity contribution in [2.45, 2.75) is 0 Å². The molecule has 0 aromatic carbocycles. The average molecular weight is 190 g/mol. The Labute approximate surface area is 79.8 Å². The lowest BCUT2D eigenvalue weighted by Crippen LogP contribution is -2.38. The highest BCUT2D eigenvalue weighted by Crippen LogP contribution is 1.59. The van der Waals surface area contributed by atoms with Crippen LogP contribution in [-0.4, -0.2) is 45.9 Å². The van der Waals surface area contributed by atoms with E-state index in [0.29, 0.717) is 13.2 Å². The molecule has 0 aliphatic rings. The van der Waals surface area contributed by atoms with Gasteiger partial charge in [-0.1, -0.05) is 0 Å². The first-order valence-corrected chi connectivity index (χ1v) is 4.67. The standard InChI is InChI=1S/C7H22N6/c8-1-2-10-3-4-11-5-6-12-7-13-9/h10-13H,1-9H2. The van der Waals surface area contributed by atoms with E-state index in [-0.39, 0.29) is 0 Å². The number of hydrogen-bond acceptors (Lipinski definition) is 6. The topological polar surface area (TPSA) is 100 Å². The first-order chi connectivity index (χ1) is 6.41. The molecule has 0 aromatic rings. The fourth-order valence-corrected chi connectivity index (χ4v) is 0.866. The van der Waals surface area contributed by atoms with Crippen molar-refractivity contribution in [3.8, 4) is 0 Å². The zero-order chi connectivity index (χ0) is 9.78. The molecule has 0 rings (SSSR count). The Hall–Kier alpha value is -0.240. The lowest BCUT2D eigenvalue weighted by atomic mass is 10.5. The zero-order valence-electron chi connectivity index (χ0n) is 8.10. The van der Waals surface area contributed by atoms with Gasteiger partial charge in [0.05, 0.1) is 6.67 Å². The number of nitrogens with two attached hydrogens (primary N) is 2.